The Morgan fingerprint density at radius 2 is 1.70 bits per heavy atom. The number of nitrogens with zero attached hydrogens (tertiary/aromatic N) is 4. The molecule has 3 heterocycles. The summed E-state index contributed by atoms with van der Waals surface area (Å²) in [4.78, 5) is 17.9. The van der Waals surface area contributed by atoms with Gasteiger partial charge in [0.05, 0.1) is 28.1 Å². The fraction of sp³-hybridized carbons (Fsp3) is 0.400. The Morgan fingerprint density at radius 3 is 2.36 bits per heavy atom. The molecule has 2 atom stereocenters. The molecule has 0 bridgehead atoms. The van der Waals surface area contributed by atoms with Gasteiger partial charge in [-0.2, -0.15) is 0 Å². The van der Waals surface area contributed by atoms with Gasteiger partial charge in [-0.25, -0.2) is 15.0 Å². The molecule has 2 N–H and O–H groups in total. The van der Waals surface area contributed by atoms with Crippen LogP contribution in [0.3, 0.4) is 0 Å². The van der Waals surface area contributed by atoms with Gasteiger partial charge >= 0.3 is 0 Å². The number of hydrogen-bond acceptors (Lipinski definition) is 8. The van der Waals surface area contributed by atoms with Gasteiger partial charge in [-0.1, -0.05) is 42.1 Å². The second kappa shape index (κ2) is 9.18. The molecule has 8 heteroatoms. The molecule has 0 aliphatic heterocycles. The minimum Gasteiger partial charge on any atom is -0.392 e. The first-order valence-electron chi connectivity index (χ1n) is 11.3. The summed E-state index contributed by atoms with van der Waals surface area (Å²) in [6.07, 6.45) is 4.06. The number of hydrogen-bond donors (Lipinski definition) is 2. The van der Waals surface area contributed by atoms with Crippen LogP contribution in [0.4, 0.5) is 5.82 Å². The van der Waals surface area contributed by atoms with Crippen molar-refractivity contribution < 1.29 is 10.2 Å². The van der Waals surface area contributed by atoms with E-state index in [0.29, 0.717) is 18.2 Å². The minimum atomic E-state index is -0.548. The normalized spacial score (nSPS) is 15.2. The fourth-order valence-electron chi connectivity index (χ4n) is 4.76. The molecule has 0 fully saturated rings. The van der Waals surface area contributed by atoms with Gasteiger partial charge in [-0.3, -0.25) is 0 Å². The zero-order valence-electron chi connectivity index (χ0n) is 19.1. The lowest BCUT2D eigenvalue weighted by atomic mass is 10.0. The summed E-state index contributed by atoms with van der Waals surface area (Å²) in [5, 5.41) is 22.1. The summed E-state index contributed by atoms with van der Waals surface area (Å²) in [5.41, 5.74) is 5.86. The second-order valence-corrected chi connectivity index (χ2v) is 10.5. The lowest BCUT2D eigenvalue weighted by Crippen LogP contribution is -2.37. The Kier molecular flexibility index (Phi) is 6.26. The number of thioether (sulfide) groups is 1. The molecule has 1 aliphatic rings. The third-order valence-electron chi connectivity index (χ3n) is 5.99. The van der Waals surface area contributed by atoms with Gasteiger partial charge in [0, 0.05) is 24.0 Å². The first-order chi connectivity index (χ1) is 16.0. The monoisotopic (exact) mass is 480 g/mol. The summed E-state index contributed by atoms with van der Waals surface area (Å²) in [6.45, 7) is 4.29. The van der Waals surface area contributed by atoms with Gasteiger partial charge in [0.15, 0.2) is 11.0 Å². The van der Waals surface area contributed by atoms with E-state index in [1.54, 1.807) is 25.2 Å². The highest BCUT2D eigenvalue weighted by atomic mass is 32.2. The van der Waals surface area contributed by atoms with Crippen molar-refractivity contribution in [2.45, 2.75) is 50.5 Å². The number of pyridine rings is 1. The standard InChI is InChI=1S/C25H28N4O2S2/c1-14(30)12-29(13-15(2)31)23-22-21(27-25(28-23)32-3)19-17-10-7-11-18(17)20(26-24(19)33-22)16-8-5-4-6-9-16/h4-6,8-9,14-15,30-31H,7,10-13H2,1-3H3. The number of fused-ring (bicyclic) bond motifs is 5. The van der Waals surface area contributed by atoms with E-state index in [2.05, 4.69) is 24.3 Å². The number of aryl methyl sites for hydroxylation is 1. The zero-order valence-corrected chi connectivity index (χ0v) is 20.7. The topological polar surface area (TPSA) is 82.4 Å². The van der Waals surface area contributed by atoms with Crippen LogP contribution in [0, 0.1) is 0 Å². The maximum Gasteiger partial charge on any atom is 0.189 e. The minimum absolute atomic E-state index is 0.389. The number of benzene rings is 1. The zero-order chi connectivity index (χ0) is 23.1. The van der Waals surface area contributed by atoms with Crippen LogP contribution < -0.4 is 4.90 Å². The maximum absolute atomic E-state index is 10.1. The van der Waals surface area contributed by atoms with E-state index >= 15 is 0 Å². The van der Waals surface area contributed by atoms with Crippen LogP contribution in [-0.2, 0) is 12.8 Å². The van der Waals surface area contributed by atoms with Crippen molar-refractivity contribution in [1.82, 2.24) is 15.0 Å². The molecule has 3 aromatic heterocycles. The molecule has 33 heavy (non-hydrogen) atoms. The Balaban J connectivity index is 1.79. The van der Waals surface area contributed by atoms with Crippen LogP contribution in [0.2, 0.25) is 0 Å². The van der Waals surface area contributed by atoms with Gasteiger partial charge in [0.25, 0.3) is 0 Å². The van der Waals surface area contributed by atoms with Gasteiger partial charge in [0.1, 0.15) is 4.83 Å². The number of anilines is 1. The van der Waals surface area contributed by atoms with E-state index in [-0.39, 0.29) is 0 Å². The molecule has 172 valence electrons. The van der Waals surface area contributed by atoms with Gasteiger partial charge in [-0.05, 0) is 50.5 Å². The van der Waals surface area contributed by atoms with E-state index in [1.165, 1.54) is 22.9 Å². The number of rotatable bonds is 7. The summed E-state index contributed by atoms with van der Waals surface area (Å²) in [7, 11) is 0. The van der Waals surface area contributed by atoms with Crippen molar-refractivity contribution in [3.05, 3.63) is 41.5 Å². The molecular weight excluding hydrogens is 452 g/mol. The highest BCUT2D eigenvalue weighted by Gasteiger charge is 2.27. The SMILES string of the molecule is CSc1nc(N(CC(C)O)CC(C)O)c2sc3nc(-c4ccccc4)c4c(c3c2n1)CCC4. The van der Waals surface area contributed by atoms with Gasteiger partial charge in [0.2, 0.25) is 0 Å². The predicted octanol–water partition coefficient (Wildman–Crippen LogP) is 4.69. The van der Waals surface area contributed by atoms with Crippen molar-refractivity contribution in [3.63, 3.8) is 0 Å². The highest BCUT2D eigenvalue weighted by molar-refractivity contribution is 7.98. The van der Waals surface area contributed by atoms with Crippen LogP contribution in [0.5, 0.6) is 0 Å². The van der Waals surface area contributed by atoms with E-state index < -0.39 is 12.2 Å². The molecule has 6 nitrogen and oxygen atoms in total. The summed E-state index contributed by atoms with van der Waals surface area (Å²) in [6, 6.07) is 10.4. The van der Waals surface area contributed by atoms with Crippen molar-refractivity contribution in [2.75, 3.05) is 24.2 Å². The van der Waals surface area contributed by atoms with Crippen LogP contribution in [0.15, 0.2) is 35.5 Å². The molecule has 0 radical (unpaired) electrons. The molecule has 1 aliphatic carbocycles. The average molecular weight is 481 g/mol. The Hall–Kier alpha value is -2.26. The Labute approximate surface area is 201 Å². The summed E-state index contributed by atoms with van der Waals surface area (Å²) >= 11 is 3.12. The summed E-state index contributed by atoms with van der Waals surface area (Å²) < 4.78 is 0.968. The van der Waals surface area contributed by atoms with E-state index in [9.17, 15) is 10.2 Å². The molecule has 0 saturated carbocycles. The predicted molar refractivity (Wildman–Crippen MR) is 138 cm³/mol. The van der Waals surface area contributed by atoms with Crippen LogP contribution in [0.25, 0.3) is 31.7 Å². The Bertz CT molecular complexity index is 1290. The van der Waals surface area contributed by atoms with E-state index in [1.807, 2.05) is 17.2 Å². The quantitative estimate of drug-likeness (QED) is 0.293. The van der Waals surface area contributed by atoms with Gasteiger partial charge in [-0.15, -0.1) is 11.3 Å². The molecule has 0 spiro atoms. The lowest BCUT2D eigenvalue weighted by molar-refractivity contribution is 0.178. The molecule has 4 aromatic rings. The maximum atomic E-state index is 10.1. The third kappa shape index (κ3) is 4.21. The first kappa shape index (κ1) is 22.5. The third-order valence-corrected chi connectivity index (χ3v) is 7.61. The van der Waals surface area contributed by atoms with E-state index in [4.69, 9.17) is 15.0 Å². The van der Waals surface area contributed by atoms with Crippen molar-refractivity contribution in [1.29, 1.82) is 0 Å². The lowest BCUT2D eigenvalue weighted by Gasteiger charge is -2.27. The second-order valence-electron chi connectivity index (χ2n) is 8.73. The molecule has 0 saturated heterocycles. The van der Waals surface area contributed by atoms with Crippen LogP contribution in [0.1, 0.15) is 31.4 Å². The molecular formula is C25H28N4O2S2. The number of aliphatic hydroxyl groups excluding tert-OH is 2. The number of aromatic nitrogens is 3. The fourth-order valence-corrected chi connectivity index (χ4v) is 6.28. The van der Waals surface area contributed by atoms with Crippen molar-refractivity contribution in [3.8, 4) is 11.3 Å². The van der Waals surface area contributed by atoms with Crippen molar-refractivity contribution >= 4 is 49.3 Å². The smallest absolute Gasteiger partial charge is 0.189 e. The van der Waals surface area contributed by atoms with Crippen LogP contribution in [-0.4, -0.2) is 56.7 Å². The molecule has 5 rings (SSSR count). The van der Waals surface area contributed by atoms with Crippen molar-refractivity contribution in [2.24, 2.45) is 0 Å². The number of aliphatic hydroxyl groups is 2. The first-order valence-corrected chi connectivity index (χ1v) is 13.4. The highest BCUT2D eigenvalue weighted by Crippen LogP contribution is 2.44. The molecule has 1 aromatic carbocycles. The largest absolute Gasteiger partial charge is 0.392 e. The average Bonchev–Trinajstić information content (AvgIpc) is 3.41. The van der Waals surface area contributed by atoms with E-state index in [0.717, 1.165) is 56.8 Å². The van der Waals surface area contributed by atoms with Crippen LogP contribution >= 0.6 is 23.1 Å². The van der Waals surface area contributed by atoms with Gasteiger partial charge < -0.3 is 15.1 Å². The molecule has 0 amide bonds. The molecule has 2 unspecified atom stereocenters. The summed E-state index contributed by atoms with van der Waals surface area (Å²) in [5.74, 6) is 0.766. The Morgan fingerprint density at radius 1 is 1.00 bits per heavy atom. The number of thiophene rings is 1.